The molecule has 156 valence electrons. The average Bonchev–Trinajstić information content (AvgIpc) is 2.70. The van der Waals surface area contributed by atoms with Gasteiger partial charge in [-0.3, -0.25) is 4.79 Å². The molecule has 1 amide bonds. The van der Waals surface area contributed by atoms with Crippen LogP contribution < -0.4 is 5.32 Å². The maximum Gasteiger partial charge on any atom is 0.244 e. The quantitative estimate of drug-likeness (QED) is 0.721. The van der Waals surface area contributed by atoms with Gasteiger partial charge in [-0.05, 0) is 55.7 Å². The van der Waals surface area contributed by atoms with Crippen LogP contribution in [0.5, 0.6) is 0 Å². The molecule has 9 heteroatoms. The summed E-state index contributed by atoms with van der Waals surface area (Å²) in [6.07, 6.45) is 1.14. The Morgan fingerprint density at radius 1 is 1.21 bits per heavy atom. The van der Waals surface area contributed by atoms with Gasteiger partial charge < -0.3 is 5.32 Å². The summed E-state index contributed by atoms with van der Waals surface area (Å²) in [7, 11) is -3.87. The van der Waals surface area contributed by atoms with E-state index in [1.54, 1.807) is 19.1 Å². The third kappa shape index (κ3) is 5.09. The van der Waals surface area contributed by atoms with Gasteiger partial charge in [-0.1, -0.05) is 35.3 Å². The van der Waals surface area contributed by atoms with Crippen LogP contribution in [0.2, 0.25) is 10.0 Å². The number of nitrogens with one attached hydrogen (secondary N) is 1. The van der Waals surface area contributed by atoms with Crippen LogP contribution in [-0.2, 0) is 14.8 Å². The van der Waals surface area contributed by atoms with Crippen LogP contribution >= 0.6 is 23.2 Å². The number of carbonyl (C=O) groups is 1. The van der Waals surface area contributed by atoms with Gasteiger partial charge in [0, 0.05) is 18.1 Å². The number of piperidine rings is 1. The Morgan fingerprint density at radius 3 is 2.59 bits per heavy atom. The number of rotatable bonds is 5. The number of sulfonamides is 1. The van der Waals surface area contributed by atoms with Gasteiger partial charge >= 0.3 is 0 Å². The Kier molecular flexibility index (Phi) is 6.83. The number of halogens is 3. The highest BCUT2D eigenvalue weighted by Gasteiger charge is 2.34. The third-order valence-electron chi connectivity index (χ3n) is 4.99. The third-order valence-corrected chi connectivity index (χ3v) is 7.58. The van der Waals surface area contributed by atoms with Gasteiger partial charge in [0.1, 0.15) is 10.7 Å². The van der Waals surface area contributed by atoms with Crippen LogP contribution in [-0.4, -0.2) is 31.7 Å². The summed E-state index contributed by atoms with van der Waals surface area (Å²) >= 11 is 12.0. The highest BCUT2D eigenvalue weighted by Crippen LogP contribution is 2.30. The Balaban J connectivity index is 1.72. The van der Waals surface area contributed by atoms with E-state index < -0.39 is 15.9 Å². The molecule has 1 heterocycles. The normalized spacial score (nSPS) is 19.0. The first-order chi connectivity index (χ1) is 13.7. The van der Waals surface area contributed by atoms with Gasteiger partial charge in [0.15, 0.2) is 0 Å². The van der Waals surface area contributed by atoms with Gasteiger partial charge in [-0.2, -0.15) is 4.31 Å². The Bertz CT molecular complexity index is 999. The van der Waals surface area contributed by atoms with E-state index in [4.69, 9.17) is 23.2 Å². The van der Waals surface area contributed by atoms with Crippen molar-refractivity contribution in [3.63, 3.8) is 0 Å². The lowest BCUT2D eigenvalue weighted by molar-refractivity contribution is -0.126. The molecule has 1 N–H and O–H groups in total. The minimum Gasteiger partial charge on any atom is -0.349 e. The van der Waals surface area contributed by atoms with E-state index >= 15 is 0 Å². The van der Waals surface area contributed by atoms with Crippen LogP contribution in [0.1, 0.15) is 31.4 Å². The van der Waals surface area contributed by atoms with E-state index in [0.717, 1.165) is 5.56 Å². The van der Waals surface area contributed by atoms with E-state index in [9.17, 15) is 17.6 Å². The molecular formula is C20H21Cl2FN2O3S. The number of amides is 1. The highest BCUT2D eigenvalue weighted by atomic mass is 35.5. The average molecular weight is 459 g/mol. The molecule has 0 bridgehead atoms. The molecule has 3 rings (SSSR count). The monoisotopic (exact) mass is 458 g/mol. The second-order valence-electron chi connectivity index (χ2n) is 7.06. The molecule has 1 fully saturated rings. The minimum atomic E-state index is -3.87. The standard InChI is InChI=1S/C20H21Cl2FN2O3S/c1-13(14-4-7-17(23)8-5-14)24-20(26)15-3-2-10-25(12-15)29(27,28)19-11-16(21)6-9-18(19)22/h4-9,11,13,15H,2-3,10,12H2,1H3,(H,24,26). The van der Waals surface area contributed by atoms with Crippen molar-refractivity contribution in [1.29, 1.82) is 0 Å². The molecule has 2 unspecified atom stereocenters. The van der Waals surface area contributed by atoms with Crippen LogP contribution in [0, 0.1) is 11.7 Å². The van der Waals surface area contributed by atoms with Gasteiger partial charge in [0.25, 0.3) is 0 Å². The number of hydrogen-bond donors (Lipinski definition) is 1. The lowest BCUT2D eigenvalue weighted by Crippen LogP contribution is -2.45. The molecule has 0 aromatic heterocycles. The predicted molar refractivity (Wildman–Crippen MR) is 111 cm³/mol. The first-order valence-electron chi connectivity index (χ1n) is 9.19. The van der Waals surface area contributed by atoms with E-state index in [1.165, 1.54) is 34.6 Å². The molecule has 2 atom stereocenters. The summed E-state index contributed by atoms with van der Waals surface area (Å²) in [6, 6.07) is 9.85. The largest absolute Gasteiger partial charge is 0.349 e. The minimum absolute atomic E-state index is 0.0626. The van der Waals surface area contributed by atoms with E-state index in [2.05, 4.69) is 5.32 Å². The molecule has 1 aliphatic heterocycles. The second kappa shape index (κ2) is 9.00. The number of carbonyl (C=O) groups excluding carboxylic acids is 1. The summed E-state index contributed by atoms with van der Waals surface area (Å²) in [5, 5.41) is 3.25. The van der Waals surface area contributed by atoms with Gasteiger partial charge in [-0.15, -0.1) is 0 Å². The molecule has 1 saturated heterocycles. The predicted octanol–water partition coefficient (Wildman–Crippen LogP) is 4.41. The van der Waals surface area contributed by atoms with Crippen molar-refractivity contribution in [2.75, 3.05) is 13.1 Å². The first-order valence-corrected chi connectivity index (χ1v) is 11.4. The van der Waals surface area contributed by atoms with Crippen molar-refractivity contribution in [3.8, 4) is 0 Å². The molecule has 29 heavy (non-hydrogen) atoms. The van der Waals surface area contributed by atoms with Gasteiger partial charge in [0.05, 0.1) is 17.0 Å². The lowest BCUT2D eigenvalue weighted by atomic mass is 9.98. The second-order valence-corrected chi connectivity index (χ2v) is 9.81. The van der Waals surface area contributed by atoms with Crippen molar-refractivity contribution in [2.24, 2.45) is 5.92 Å². The fraction of sp³-hybridized carbons (Fsp3) is 0.350. The lowest BCUT2D eigenvalue weighted by Gasteiger charge is -2.32. The smallest absolute Gasteiger partial charge is 0.244 e. The molecule has 0 saturated carbocycles. The zero-order valence-electron chi connectivity index (χ0n) is 15.7. The maximum absolute atomic E-state index is 13.1. The maximum atomic E-state index is 13.1. The van der Waals surface area contributed by atoms with Crippen molar-refractivity contribution < 1.29 is 17.6 Å². The van der Waals surface area contributed by atoms with Crippen LogP contribution in [0.25, 0.3) is 0 Å². The zero-order chi connectivity index (χ0) is 21.2. The summed E-state index contributed by atoms with van der Waals surface area (Å²) in [6.45, 7) is 2.17. The number of benzene rings is 2. The van der Waals surface area contributed by atoms with E-state index in [0.29, 0.717) is 19.4 Å². The number of hydrogen-bond acceptors (Lipinski definition) is 3. The van der Waals surface area contributed by atoms with Gasteiger partial charge in [-0.25, -0.2) is 12.8 Å². The van der Waals surface area contributed by atoms with Crippen LogP contribution in [0.15, 0.2) is 47.4 Å². The van der Waals surface area contributed by atoms with Gasteiger partial charge in [0.2, 0.25) is 15.9 Å². The fourth-order valence-corrected chi connectivity index (χ4v) is 5.62. The zero-order valence-corrected chi connectivity index (χ0v) is 18.1. The molecule has 1 aliphatic rings. The Hall–Kier alpha value is -1.67. The first kappa shape index (κ1) is 22.0. The van der Waals surface area contributed by atoms with Crippen molar-refractivity contribution in [1.82, 2.24) is 9.62 Å². The Labute approximate surface area is 179 Å². The molecule has 0 aliphatic carbocycles. The van der Waals surface area contributed by atoms with Crippen molar-refractivity contribution in [3.05, 3.63) is 63.9 Å². The molecule has 0 radical (unpaired) electrons. The topological polar surface area (TPSA) is 66.5 Å². The SMILES string of the molecule is CC(NC(=O)C1CCCN(S(=O)(=O)c2cc(Cl)ccc2Cl)C1)c1ccc(F)cc1. The molecule has 2 aromatic rings. The molecular weight excluding hydrogens is 438 g/mol. The Morgan fingerprint density at radius 2 is 1.90 bits per heavy atom. The summed E-state index contributed by atoms with van der Waals surface area (Å²) in [5.74, 6) is -1.07. The van der Waals surface area contributed by atoms with Crippen molar-refractivity contribution >= 4 is 39.1 Å². The summed E-state index contributed by atoms with van der Waals surface area (Å²) < 4.78 is 40.4. The summed E-state index contributed by atoms with van der Waals surface area (Å²) in [5.41, 5.74) is 0.769. The number of nitrogens with zero attached hydrogens (tertiary/aromatic N) is 1. The van der Waals surface area contributed by atoms with E-state index in [1.807, 2.05) is 0 Å². The summed E-state index contributed by atoms with van der Waals surface area (Å²) in [4.78, 5) is 12.7. The van der Waals surface area contributed by atoms with Crippen molar-refractivity contribution in [2.45, 2.75) is 30.7 Å². The van der Waals surface area contributed by atoms with Crippen LogP contribution in [0.3, 0.4) is 0 Å². The molecule has 0 spiro atoms. The molecule has 5 nitrogen and oxygen atoms in total. The molecule has 2 aromatic carbocycles. The highest BCUT2D eigenvalue weighted by molar-refractivity contribution is 7.89. The van der Waals surface area contributed by atoms with Crippen LogP contribution in [0.4, 0.5) is 4.39 Å². The van der Waals surface area contributed by atoms with E-state index in [-0.39, 0.29) is 39.3 Å². The fourth-order valence-electron chi connectivity index (χ4n) is 3.35.